The number of pyridine rings is 1. The molecule has 0 aliphatic carbocycles. The topological polar surface area (TPSA) is 65.3 Å². The molecule has 0 bridgehead atoms. The smallest absolute Gasteiger partial charge is 0.276 e. The summed E-state index contributed by atoms with van der Waals surface area (Å²) in [6, 6.07) is 6.62. The van der Waals surface area contributed by atoms with E-state index in [1.54, 1.807) is 31.3 Å². The standard InChI is InChI=1S/C14H13ClN2O3/c1-9-5-10(2)13(6-12(9)17(18)19)20-14-4-3-11(7-15)8-16-14/h3-6,8H,7H2,1-2H3. The number of ether oxygens (including phenoxy) is 1. The molecular weight excluding hydrogens is 280 g/mol. The molecule has 0 saturated heterocycles. The van der Waals surface area contributed by atoms with Crippen LogP contribution >= 0.6 is 11.6 Å². The third-order valence-electron chi connectivity index (χ3n) is 2.86. The van der Waals surface area contributed by atoms with Gasteiger partial charge in [-0.25, -0.2) is 4.98 Å². The zero-order chi connectivity index (χ0) is 14.7. The lowest BCUT2D eigenvalue weighted by Crippen LogP contribution is -1.96. The average Bonchev–Trinajstić information content (AvgIpc) is 2.42. The van der Waals surface area contributed by atoms with Crippen molar-refractivity contribution in [3.8, 4) is 11.6 Å². The summed E-state index contributed by atoms with van der Waals surface area (Å²) >= 11 is 5.68. The summed E-state index contributed by atoms with van der Waals surface area (Å²) in [5.41, 5.74) is 2.33. The molecule has 2 rings (SSSR count). The summed E-state index contributed by atoms with van der Waals surface area (Å²) < 4.78 is 5.60. The van der Waals surface area contributed by atoms with Crippen LogP contribution in [0.4, 0.5) is 5.69 Å². The molecule has 104 valence electrons. The first-order chi connectivity index (χ1) is 9.51. The fourth-order valence-electron chi connectivity index (χ4n) is 1.79. The minimum absolute atomic E-state index is 0.0305. The van der Waals surface area contributed by atoms with Gasteiger partial charge in [-0.2, -0.15) is 0 Å². The summed E-state index contributed by atoms with van der Waals surface area (Å²) in [4.78, 5) is 14.6. The highest BCUT2D eigenvalue weighted by Gasteiger charge is 2.15. The molecule has 1 aromatic carbocycles. The van der Waals surface area contributed by atoms with Gasteiger partial charge in [-0.1, -0.05) is 6.07 Å². The highest BCUT2D eigenvalue weighted by atomic mass is 35.5. The Morgan fingerprint density at radius 2 is 2.05 bits per heavy atom. The molecule has 0 saturated carbocycles. The number of nitrogens with zero attached hydrogens (tertiary/aromatic N) is 2. The van der Waals surface area contributed by atoms with Gasteiger partial charge < -0.3 is 4.74 Å². The van der Waals surface area contributed by atoms with E-state index in [0.717, 1.165) is 11.1 Å². The van der Waals surface area contributed by atoms with Gasteiger partial charge in [0.2, 0.25) is 5.88 Å². The number of alkyl halides is 1. The first-order valence-electron chi connectivity index (χ1n) is 5.95. The van der Waals surface area contributed by atoms with E-state index in [9.17, 15) is 10.1 Å². The molecule has 0 N–H and O–H groups in total. The van der Waals surface area contributed by atoms with Gasteiger partial charge in [0.15, 0.2) is 0 Å². The molecule has 0 aliphatic heterocycles. The van der Waals surface area contributed by atoms with Gasteiger partial charge in [-0.05, 0) is 31.0 Å². The number of nitro benzene ring substituents is 1. The Hall–Kier alpha value is -2.14. The van der Waals surface area contributed by atoms with Crippen LogP contribution in [0.15, 0.2) is 30.5 Å². The second-order valence-corrected chi connectivity index (χ2v) is 4.67. The number of aromatic nitrogens is 1. The van der Waals surface area contributed by atoms with E-state index in [0.29, 0.717) is 23.1 Å². The molecule has 0 amide bonds. The Morgan fingerprint density at radius 1 is 1.30 bits per heavy atom. The van der Waals surface area contributed by atoms with Crippen LogP contribution in [0.25, 0.3) is 0 Å². The van der Waals surface area contributed by atoms with Gasteiger partial charge in [0.25, 0.3) is 5.69 Å². The monoisotopic (exact) mass is 292 g/mol. The predicted molar refractivity (Wildman–Crippen MR) is 76.4 cm³/mol. The third kappa shape index (κ3) is 3.05. The van der Waals surface area contributed by atoms with Gasteiger partial charge in [0.05, 0.1) is 11.0 Å². The van der Waals surface area contributed by atoms with E-state index >= 15 is 0 Å². The maximum absolute atomic E-state index is 10.9. The summed E-state index contributed by atoms with van der Waals surface area (Å²) in [5.74, 6) is 1.18. The average molecular weight is 293 g/mol. The summed E-state index contributed by atoms with van der Waals surface area (Å²) in [7, 11) is 0. The van der Waals surface area contributed by atoms with E-state index in [2.05, 4.69) is 4.98 Å². The molecule has 0 unspecified atom stereocenters. The molecule has 0 radical (unpaired) electrons. The van der Waals surface area contributed by atoms with Crippen molar-refractivity contribution in [2.45, 2.75) is 19.7 Å². The fourth-order valence-corrected chi connectivity index (χ4v) is 1.95. The molecule has 6 heteroatoms. The van der Waals surface area contributed by atoms with Crippen molar-refractivity contribution in [2.24, 2.45) is 0 Å². The van der Waals surface area contributed by atoms with Crippen molar-refractivity contribution >= 4 is 17.3 Å². The predicted octanol–water partition coefficient (Wildman–Crippen LogP) is 4.14. The molecule has 0 aliphatic rings. The maximum atomic E-state index is 10.9. The molecule has 1 heterocycles. The Balaban J connectivity index is 2.32. The first-order valence-corrected chi connectivity index (χ1v) is 6.49. The van der Waals surface area contributed by atoms with Gasteiger partial charge >= 0.3 is 0 Å². The van der Waals surface area contributed by atoms with Crippen LogP contribution in [0.5, 0.6) is 11.6 Å². The van der Waals surface area contributed by atoms with Crippen molar-refractivity contribution in [3.63, 3.8) is 0 Å². The number of aryl methyl sites for hydroxylation is 2. The number of hydrogen-bond acceptors (Lipinski definition) is 4. The Kier molecular flexibility index (Phi) is 4.20. The van der Waals surface area contributed by atoms with E-state index < -0.39 is 4.92 Å². The van der Waals surface area contributed by atoms with Crippen molar-refractivity contribution in [2.75, 3.05) is 0 Å². The quantitative estimate of drug-likeness (QED) is 0.482. The van der Waals surface area contributed by atoms with Crippen molar-refractivity contribution in [1.29, 1.82) is 0 Å². The van der Waals surface area contributed by atoms with Gasteiger partial charge in [-0.3, -0.25) is 10.1 Å². The lowest BCUT2D eigenvalue weighted by molar-refractivity contribution is -0.385. The van der Waals surface area contributed by atoms with Crippen LogP contribution in [0.1, 0.15) is 16.7 Å². The second-order valence-electron chi connectivity index (χ2n) is 4.40. The summed E-state index contributed by atoms with van der Waals surface area (Å²) in [6.45, 7) is 3.53. The number of nitro groups is 1. The number of rotatable bonds is 4. The van der Waals surface area contributed by atoms with E-state index in [1.807, 2.05) is 6.92 Å². The fraction of sp³-hybridized carbons (Fsp3) is 0.214. The van der Waals surface area contributed by atoms with Crippen molar-refractivity contribution in [3.05, 3.63) is 57.3 Å². The van der Waals surface area contributed by atoms with Gasteiger partial charge in [-0.15, -0.1) is 11.6 Å². The minimum atomic E-state index is -0.425. The Labute approximate surface area is 121 Å². The van der Waals surface area contributed by atoms with Crippen LogP contribution in [-0.4, -0.2) is 9.91 Å². The van der Waals surface area contributed by atoms with E-state index in [1.165, 1.54) is 6.07 Å². The van der Waals surface area contributed by atoms with E-state index in [4.69, 9.17) is 16.3 Å². The first kappa shape index (κ1) is 14.3. The molecule has 0 atom stereocenters. The molecule has 2 aromatic rings. The van der Waals surface area contributed by atoms with Crippen LogP contribution in [0.2, 0.25) is 0 Å². The number of benzene rings is 1. The molecule has 0 spiro atoms. The minimum Gasteiger partial charge on any atom is -0.439 e. The number of halogens is 1. The highest BCUT2D eigenvalue weighted by molar-refractivity contribution is 6.17. The number of hydrogen-bond donors (Lipinski definition) is 0. The summed E-state index contributed by atoms with van der Waals surface area (Å²) in [5, 5.41) is 10.9. The van der Waals surface area contributed by atoms with Crippen LogP contribution in [0.3, 0.4) is 0 Å². The van der Waals surface area contributed by atoms with Crippen molar-refractivity contribution in [1.82, 2.24) is 4.98 Å². The maximum Gasteiger partial charge on any atom is 0.276 e. The Morgan fingerprint density at radius 3 is 2.60 bits per heavy atom. The molecular formula is C14H13ClN2O3. The normalized spacial score (nSPS) is 10.3. The molecule has 0 fully saturated rings. The summed E-state index contributed by atoms with van der Waals surface area (Å²) in [6.07, 6.45) is 1.61. The SMILES string of the molecule is Cc1cc(C)c([N+](=O)[O-])cc1Oc1ccc(CCl)cn1. The molecule has 5 nitrogen and oxygen atoms in total. The van der Waals surface area contributed by atoms with Crippen LogP contribution < -0.4 is 4.74 Å². The largest absolute Gasteiger partial charge is 0.439 e. The Bertz CT molecular complexity index is 642. The van der Waals surface area contributed by atoms with Crippen LogP contribution in [0, 0.1) is 24.0 Å². The zero-order valence-corrected chi connectivity index (χ0v) is 11.8. The zero-order valence-electron chi connectivity index (χ0n) is 11.1. The second kappa shape index (κ2) is 5.88. The van der Waals surface area contributed by atoms with Gasteiger partial charge in [0.1, 0.15) is 5.75 Å². The van der Waals surface area contributed by atoms with Crippen molar-refractivity contribution < 1.29 is 9.66 Å². The lowest BCUT2D eigenvalue weighted by Gasteiger charge is -2.09. The third-order valence-corrected chi connectivity index (χ3v) is 3.17. The van der Waals surface area contributed by atoms with Gasteiger partial charge in [0, 0.05) is 23.7 Å². The molecule has 1 aromatic heterocycles. The van der Waals surface area contributed by atoms with Crippen LogP contribution in [-0.2, 0) is 5.88 Å². The highest BCUT2D eigenvalue weighted by Crippen LogP contribution is 2.30. The lowest BCUT2D eigenvalue weighted by atomic mass is 10.1. The van der Waals surface area contributed by atoms with E-state index in [-0.39, 0.29) is 5.69 Å². The molecule has 20 heavy (non-hydrogen) atoms.